The lowest BCUT2D eigenvalue weighted by Gasteiger charge is -2.11. The maximum absolute atomic E-state index is 4.23. The molecule has 1 N–H and O–H groups in total. The minimum absolute atomic E-state index is 0.835. The van der Waals surface area contributed by atoms with Crippen LogP contribution in [0.25, 0.3) is 0 Å². The lowest BCUT2D eigenvalue weighted by atomic mass is 10.5. The molecule has 0 fully saturated rings. The Balaban J connectivity index is 2.05. The predicted octanol–water partition coefficient (Wildman–Crippen LogP) is 2.61. The van der Waals surface area contributed by atoms with E-state index in [0.29, 0.717) is 0 Å². The number of aromatic nitrogens is 2. The fourth-order valence-electron chi connectivity index (χ4n) is 1.56. The van der Waals surface area contributed by atoms with Gasteiger partial charge in [0.25, 0.3) is 0 Å². The first kappa shape index (κ1) is 10.2. The Morgan fingerprint density at radius 1 is 1.27 bits per heavy atom. The molecular weight excluding hydrogens is 206 g/mol. The third-order valence-corrected chi connectivity index (χ3v) is 3.26. The van der Waals surface area contributed by atoms with Gasteiger partial charge in [-0.3, -0.25) is 4.68 Å². The van der Waals surface area contributed by atoms with Crippen molar-refractivity contribution < 1.29 is 0 Å². The first-order valence-electron chi connectivity index (χ1n) is 4.97. The molecule has 0 saturated carbocycles. The van der Waals surface area contributed by atoms with Gasteiger partial charge in [0.1, 0.15) is 0 Å². The molecule has 0 aliphatic heterocycles. The summed E-state index contributed by atoms with van der Waals surface area (Å²) in [7, 11) is 0. The fourth-order valence-corrected chi connectivity index (χ4v) is 2.29. The highest BCUT2D eigenvalue weighted by atomic mass is 32.1. The molecule has 0 atom stereocenters. The van der Waals surface area contributed by atoms with Crippen LogP contribution in [0, 0.1) is 20.8 Å². The summed E-state index contributed by atoms with van der Waals surface area (Å²) in [4.78, 5) is 5.49. The molecular formula is C11H15N3S. The van der Waals surface area contributed by atoms with E-state index in [2.05, 4.69) is 41.1 Å². The summed E-state index contributed by atoms with van der Waals surface area (Å²) in [5.74, 6) is 0. The molecule has 4 heteroatoms. The molecule has 0 spiro atoms. The first-order valence-corrected chi connectivity index (χ1v) is 5.78. The van der Waals surface area contributed by atoms with Crippen LogP contribution in [0.1, 0.15) is 21.3 Å². The van der Waals surface area contributed by atoms with Gasteiger partial charge >= 0.3 is 0 Å². The summed E-state index contributed by atoms with van der Waals surface area (Å²) in [6.07, 6.45) is 1.93. The molecule has 0 aromatic carbocycles. The van der Waals surface area contributed by atoms with Gasteiger partial charge in [0, 0.05) is 22.5 Å². The highest BCUT2D eigenvalue weighted by Crippen LogP contribution is 2.12. The Morgan fingerprint density at radius 2 is 1.93 bits per heavy atom. The Labute approximate surface area is 93.7 Å². The molecule has 2 heterocycles. The highest BCUT2D eigenvalue weighted by Gasteiger charge is 2.01. The van der Waals surface area contributed by atoms with Crippen LogP contribution in [0.5, 0.6) is 0 Å². The second-order valence-electron chi connectivity index (χ2n) is 3.63. The van der Waals surface area contributed by atoms with E-state index in [1.165, 1.54) is 16.3 Å². The van der Waals surface area contributed by atoms with E-state index in [1.807, 2.05) is 13.1 Å². The van der Waals surface area contributed by atoms with Crippen LogP contribution < -0.4 is 5.43 Å². The van der Waals surface area contributed by atoms with Crippen LogP contribution in [-0.4, -0.2) is 9.66 Å². The summed E-state index contributed by atoms with van der Waals surface area (Å²) in [6, 6.07) is 4.22. The quantitative estimate of drug-likeness (QED) is 0.863. The third kappa shape index (κ3) is 2.21. The van der Waals surface area contributed by atoms with Gasteiger partial charge in [0.05, 0.1) is 11.6 Å². The van der Waals surface area contributed by atoms with Crippen LogP contribution in [0.2, 0.25) is 0 Å². The summed E-state index contributed by atoms with van der Waals surface area (Å²) in [5, 5.41) is 1.12. The average molecular weight is 221 g/mol. The summed E-state index contributed by atoms with van der Waals surface area (Å²) in [5.41, 5.74) is 5.84. The monoisotopic (exact) mass is 221 g/mol. The van der Waals surface area contributed by atoms with E-state index in [9.17, 15) is 0 Å². The largest absolute Gasteiger partial charge is 0.321 e. The van der Waals surface area contributed by atoms with Crippen LogP contribution in [0.3, 0.4) is 0 Å². The standard InChI is InChI=1S/C11H15N3S/c1-8-4-5-9(2)14(8)13-7-11-6-12-10(3)15-11/h4-6,13H,7H2,1-3H3. The first-order chi connectivity index (χ1) is 7.16. The number of aryl methyl sites for hydroxylation is 3. The Kier molecular flexibility index (Phi) is 2.77. The molecule has 2 rings (SSSR count). The van der Waals surface area contributed by atoms with Crippen molar-refractivity contribution in [2.24, 2.45) is 0 Å². The summed E-state index contributed by atoms with van der Waals surface area (Å²) in [6.45, 7) is 7.05. The zero-order valence-corrected chi connectivity index (χ0v) is 10.1. The Bertz CT molecular complexity index is 437. The minimum atomic E-state index is 0.835. The van der Waals surface area contributed by atoms with Crippen molar-refractivity contribution in [3.63, 3.8) is 0 Å². The molecule has 15 heavy (non-hydrogen) atoms. The molecule has 0 radical (unpaired) electrons. The SMILES string of the molecule is Cc1ncc(CNn2c(C)ccc2C)s1. The van der Waals surface area contributed by atoms with Crippen LogP contribution in [0.15, 0.2) is 18.3 Å². The van der Waals surface area contributed by atoms with Gasteiger partial charge in [-0.1, -0.05) is 0 Å². The van der Waals surface area contributed by atoms with E-state index in [-0.39, 0.29) is 0 Å². The van der Waals surface area contributed by atoms with Gasteiger partial charge in [-0.2, -0.15) is 0 Å². The molecule has 0 bridgehead atoms. The maximum Gasteiger partial charge on any atom is 0.0897 e. The molecule has 2 aromatic heterocycles. The van der Waals surface area contributed by atoms with Gasteiger partial charge in [0.2, 0.25) is 0 Å². The van der Waals surface area contributed by atoms with E-state index in [0.717, 1.165) is 11.6 Å². The number of hydrogen-bond acceptors (Lipinski definition) is 3. The second kappa shape index (κ2) is 4.06. The average Bonchev–Trinajstić information content (AvgIpc) is 2.73. The number of nitrogens with one attached hydrogen (secondary N) is 1. The molecule has 0 amide bonds. The Morgan fingerprint density at radius 3 is 2.47 bits per heavy atom. The van der Waals surface area contributed by atoms with Crippen molar-refractivity contribution in [1.82, 2.24) is 9.66 Å². The van der Waals surface area contributed by atoms with Crippen LogP contribution >= 0.6 is 11.3 Å². The molecule has 0 aliphatic rings. The van der Waals surface area contributed by atoms with E-state index >= 15 is 0 Å². The third-order valence-electron chi connectivity index (χ3n) is 2.35. The smallest absolute Gasteiger partial charge is 0.0897 e. The van der Waals surface area contributed by atoms with Crippen molar-refractivity contribution in [1.29, 1.82) is 0 Å². The normalized spacial score (nSPS) is 10.6. The van der Waals surface area contributed by atoms with Gasteiger partial charge in [-0.25, -0.2) is 4.98 Å². The van der Waals surface area contributed by atoms with Crippen molar-refractivity contribution >= 4 is 11.3 Å². The molecule has 2 aromatic rings. The van der Waals surface area contributed by atoms with Crippen LogP contribution in [-0.2, 0) is 6.54 Å². The topological polar surface area (TPSA) is 29.9 Å². The summed E-state index contributed by atoms with van der Waals surface area (Å²) >= 11 is 1.73. The van der Waals surface area contributed by atoms with Gasteiger partial charge in [-0.05, 0) is 32.9 Å². The molecule has 0 unspecified atom stereocenters. The van der Waals surface area contributed by atoms with Crippen LogP contribution in [0.4, 0.5) is 0 Å². The number of rotatable bonds is 3. The Hall–Kier alpha value is -1.29. The number of hydrogen-bond donors (Lipinski definition) is 1. The number of thiazole rings is 1. The zero-order chi connectivity index (χ0) is 10.8. The molecule has 80 valence electrons. The van der Waals surface area contributed by atoms with Crippen molar-refractivity contribution in [2.75, 3.05) is 5.43 Å². The highest BCUT2D eigenvalue weighted by molar-refractivity contribution is 7.11. The van der Waals surface area contributed by atoms with Crippen molar-refractivity contribution in [2.45, 2.75) is 27.3 Å². The van der Waals surface area contributed by atoms with E-state index in [4.69, 9.17) is 0 Å². The van der Waals surface area contributed by atoms with Crippen molar-refractivity contribution in [3.05, 3.63) is 39.6 Å². The lowest BCUT2D eigenvalue weighted by molar-refractivity contribution is 0.797. The number of nitrogens with zero attached hydrogens (tertiary/aromatic N) is 2. The van der Waals surface area contributed by atoms with Gasteiger partial charge in [-0.15, -0.1) is 11.3 Å². The summed E-state index contributed by atoms with van der Waals surface area (Å²) < 4.78 is 2.11. The van der Waals surface area contributed by atoms with E-state index in [1.54, 1.807) is 11.3 Å². The maximum atomic E-state index is 4.23. The van der Waals surface area contributed by atoms with Crippen molar-refractivity contribution in [3.8, 4) is 0 Å². The van der Waals surface area contributed by atoms with Gasteiger partial charge in [0.15, 0.2) is 0 Å². The lowest BCUT2D eigenvalue weighted by Crippen LogP contribution is -2.16. The molecule has 0 aliphatic carbocycles. The second-order valence-corrected chi connectivity index (χ2v) is 4.95. The van der Waals surface area contributed by atoms with E-state index < -0.39 is 0 Å². The molecule has 0 saturated heterocycles. The minimum Gasteiger partial charge on any atom is -0.321 e. The fraction of sp³-hybridized carbons (Fsp3) is 0.364. The predicted molar refractivity (Wildman–Crippen MR) is 63.8 cm³/mol. The molecule has 3 nitrogen and oxygen atoms in total. The zero-order valence-electron chi connectivity index (χ0n) is 9.24. The van der Waals surface area contributed by atoms with Gasteiger partial charge < -0.3 is 5.43 Å².